The number of rotatable bonds is 6. The lowest BCUT2D eigenvalue weighted by molar-refractivity contribution is -0.132. The van der Waals surface area contributed by atoms with Gasteiger partial charge >= 0.3 is 5.91 Å². The maximum Gasteiger partial charge on any atom is 0.301 e. The SMILES string of the molecule is CCOc1ccc(C2/C(=C(\O)c3cc(C)ccc3C)C(=O)C(=O)N2c2nc(C)c(C(C)=O)s2)cc1. The smallest absolute Gasteiger partial charge is 0.301 e. The van der Waals surface area contributed by atoms with E-state index in [2.05, 4.69) is 4.98 Å². The highest BCUT2D eigenvalue weighted by atomic mass is 32.1. The molecule has 1 aromatic heterocycles. The number of hydrogen-bond acceptors (Lipinski definition) is 7. The highest BCUT2D eigenvalue weighted by molar-refractivity contribution is 7.18. The molecule has 7 nitrogen and oxygen atoms in total. The van der Waals surface area contributed by atoms with E-state index in [9.17, 15) is 19.5 Å². The zero-order valence-corrected chi connectivity index (χ0v) is 21.0. The lowest BCUT2D eigenvalue weighted by Crippen LogP contribution is -2.29. The molecule has 4 rings (SSSR count). The molecule has 1 N–H and O–H groups in total. The highest BCUT2D eigenvalue weighted by Gasteiger charge is 2.48. The van der Waals surface area contributed by atoms with Crippen LogP contribution in [0.25, 0.3) is 5.76 Å². The van der Waals surface area contributed by atoms with Gasteiger partial charge in [-0.25, -0.2) is 4.98 Å². The number of hydrogen-bond donors (Lipinski definition) is 1. The first-order valence-electron chi connectivity index (χ1n) is 11.2. The summed E-state index contributed by atoms with van der Waals surface area (Å²) in [4.78, 5) is 44.9. The number of aryl methyl sites for hydroxylation is 3. The number of carbonyl (C=O) groups is 3. The molecule has 0 radical (unpaired) electrons. The van der Waals surface area contributed by atoms with Crippen molar-refractivity contribution in [2.45, 2.75) is 40.7 Å². The summed E-state index contributed by atoms with van der Waals surface area (Å²) >= 11 is 1.06. The molecule has 1 atom stereocenters. The molecule has 1 saturated heterocycles. The van der Waals surface area contributed by atoms with Gasteiger partial charge in [-0.05, 0) is 57.0 Å². The number of Topliss-reactive ketones (excluding diaryl/α,β-unsaturated/α-hetero) is 2. The highest BCUT2D eigenvalue weighted by Crippen LogP contribution is 2.44. The summed E-state index contributed by atoms with van der Waals surface area (Å²) < 4.78 is 5.54. The van der Waals surface area contributed by atoms with E-state index >= 15 is 0 Å². The number of carbonyl (C=O) groups excluding carboxylic acids is 3. The molecule has 2 aromatic carbocycles. The van der Waals surface area contributed by atoms with Gasteiger partial charge in [0.15, 0.2) is 10.9 Å². The van der Waals surface area contributed by atoms with E-state index in [-0.39, 0.29) is 22.2 Å². The molecular weight excluding hydrogens is 464 g/mol. The largest absolute Gasteiger partial charge is 0.507 e. The summed E-state index contributed by atoms with van der Waals surface area (Å²) in [6.07, 6.45) is 0. The Labute approximate surface area is 207 Å². The van der Waals surface area contributed by atoms with Gasteiger partial charge in [-0.2, -0.15) is 0 Å². The summed E-state index contributed by atoms with van der Waals surface area (Å²) in [5, 5.41) is 11.6. The average Bonchev–Trinajstić information content (AvgIpc) is 3.33. The van der Waals surface area contributed by atoms with Crippen LogP contribution in [-0.4, -0.2) is 34.2 Å². The minimum atomic E-state index is -0.920. The standard InChI is InChI=1S/C27H26N2O5S/c1-6-34-19-11-9-18(10-12-19)22-21(23(31)20-13-14(2)7-8-15(20)3)24(32)26(33)29(22)27-28-16(4)25(35-27)17(5)30/h7-13,22,31H,6H2,1-5H3/b23-21+. The van der Waals surface area contributed by atoms with Crippen molar-refractivity contribution in [1.29, 1.82) is 0 Å². The van der Waals surface area contributed by atoms with E-state index in [4.69, 9.17) is 4.74 Å². The lowest BCUT2D eigenvalue weighted by Gasteiger charge is -2.23. The van der Waals surface area contributed by atoms with Crippen LogP contribution < -0.4 is 9.64 Å². The quantitative estimate of drug-likeness (QED) is 0.218. The molecule has 0 spiro atoms. The third-order valence-electron chi connectivity index (χ3n) is 5.91. The number of benzene rings is 2. The summed E-state index contributed by atoms with van der Waals surface area (Å²) in [6.45, 7) is 9.22. The maximum absolute atomic E-state index is 13.4. The predicted molar refractivity (Wildman–Crippen MR) is 135 cm³/mol. The molecule has 1 fully saturated rings. The van der Waals surface area contributed by atoms with Gasteiger partial charge in [0, 0.05) is 12.5 Å². The molecule has 0 aliphatic carbocycles. The normalized spacial score (nSPS) is 17.2. The van der Waals surface area contributed by atoms with Crippen LogP contribution in [0.4, 0.5) is 5.13 Å². The Morgan fingerprint density at radius 1 is 1.11 bits per heavy atom. The molecule has 2 heterocycles. The number of thiazole rings is 1. The van der Waals surface area contributed by atoms with Crippen molar-refractivity contribution in [3.63, 3.8) is 0 Å². The lowest BCUT2D eigenvalue weighted by atomic mass is 9.93. The molecule has 0 bridgehead atoms. The van der Waals surface area contributed by atoms with Crippen molar-refractivity contribution < 1.29 is 24.2 Å². The van der Waals surface area contributed by atoms with Gasteiger partial charge in [-0.3, -0.25) is 19.3 Å². The Balaban J connectivity index is 1.95. The number of ketones is 2. The molecule has 1 aliphatic rings. The van der Waals surface area contributed by atoms with Crippen LogP contribution in [0.3, 0.4) is 0 Å². The van der Waals surface area contributed by atoms with Gasteiger partial charge < -0.3 is 9.84 Å². The predicted octanol–water partition coefficient (Wildman–Crippen LogP) is 5.30. The van der Waals surface area contributed by atoms with Gasteiger partial charge in [0.2, 0.25) is 0 Å². The first-order chi connectivity index (χ1) is 16.6. The first kappa shape index (κ1) is 24.3. The topological polar surface area (TPSA) is 96.8 Å². The molecule has 35 heavy (non-hydrogen) atoms. The van der Waals surface area contributed by atoms with Crippen molar-refractivity contribution in [2.75, 3.05) is 11.5 Å². The summed E-state index contributed by atoms with van der Waals surface area (Å²) in [5.41, 5.74) is 3.24. The fourth-order valence-electron chi connectivity index (χ4n) is 4.21. The number of ether oxygens (including phenoxy) is 1. The number of amides is 1. The van der Waals surface area contributed by atoms with E-state index in [0.717, 1.165) is 22.5 Å². The molecule has 1 aliphatic heterocycles. The summed E-state index contributed by atoms with van der Waals surface area (Å²) in [7, 11) is 0. The zero-order valence-electron chi connectivity index (χ0n) is 20.2. The van der Waals surface area contributed by atoms with Crippen LogP contribution in [0.15, 0.2) is 48.0 Å². The number of anilines is 1. The molecule has 0 saturated carbocycles. The van der Waals surface area contributed by atoms with Crippen LogP contribution in [0.2, 0.25) is 0 Å². The van der Waals surface area contributed by atoms with Crippen molar-refractivity contribution in [3.05, 3.63) is 80.9 Å². The Bertz CT molecular complexity index is 1370. The average molecular weight is 491 g/mol. The fourth-order valence-corrected chi connectivity index (χ4v) is 5.20. The fraction of sp³-hybridized carbons (Fsp3) is 0.259. The van der Waals surface area contributed by atoms with E-state index in [1.54, 1.807) is 37.3 Å². The Kier molecular flexibility index (Phi) is 6.58. The van der Waals surface area contributed by atoms with Crippen molar-refractivity contribution in [1.82, 2.24) is 4.98 Å². The van der Waals surface area contributed by atoms with Gasteiger partial charge in [0.1, 0.15) is 11.5 Å². The number of aliphatic hydroxyl groups excluding tert-OH is 1. The number of nitrogens with zero attached hydrogens (tertiary/aromatic N) is 2. The molecule has 1 amide bonds. The van der Waals surface area contributed by atoms with E-state index in [1.165, 1.54) is 11.8 Å². The van der Waals surface area contributed by atoms with Gasteiger partial charge in [0.25, 0.3) is 5.78 Å². The van der Waals surface area contributed by atoms with Crippen LogP contribution >= 0.6 is 11.3 Å². The molecule has 180 valence electrons. The molecular formula is C27H26N2O5S. The van der Waals surface area contributed by atoms with Crippen LogP contribution in [0, 0.1) is 20.8 Å². The minimum absolute atomic E-state index is 0.0231. The monoisotopic (exact) mass is 490 g/mol. The van der Waals surface area contributed by atoms with Crippen LogP contribution in [-0.2, 0) is 9.59 Å². The maximum atomic E-state index is 13.4. The van der Waals surface area contributed by atoms with Crippen molar-refractivity contribution >= 4 is 39.7 Å². The summed E-state index contributed by atoms with van der Waals surface area (Å²) in [6, 6.07) is 11.7. The van der Waals surface area contributed by atoms with Gasteiger partial charge in [-0.1, -0.05) is 41.2 Å². The third-order valence-corrected chi connectivity index (χ3v) is 7.17. The summed E-state index contributed by atoms with van der Waals surface area (Å²) in [5.74, 6) is -1.38. The molecule has 3 aromatic rings. The van der Waals surface area contributed by atoms with Crippen molar-refractivity contribution in [2.24, 2.45) is 0 Å². The molecule has 1 unspecified atom stereocenters. The Morgan fingerprint density at radius 2 is 1.80 bits per heavy atom. The Morgan fingerprint density at radius 3 is 2.40 bits per heavy atom. The third kappa shape index (κ3) is 4.37. The Hall–Kier alpha value is -3.78. The van der Waals surface area contributed by atoms with Gasteiger partial charge in [0.05, 0.1) is 28.8 Å². The molecule has 8 heteroatoms. The van der Waals surface area contributed by atoms with E-state index < -0.39 is 17.7 Å². The van der Waals surface area contributed by atoms with E-state index in [0.29, 0.717) is 34.1 Å². The zero-order chi connectivity index (χ0) is 25.4. The van der Waals surface area contributed by atoms with Crippen LogP contribution in [0.1, 0.15) is 57.5 Å². The van der Waals surface area contributed by atoms with Crippen molar-refractivity contribution in [3.8, 4) is 5.75 Å². The second-order valence-electron chi connectivity index (χ2n) is 8.46. The number of aliphatic hydroxyl groups is 1. The first-order valence-corrected chi connectivity index (χ1v) is 12.1. The second kappa shape index (κ2) is 9.46. The number of aromatic nitrogens is 1. The minimum Gasteiger partial charge on any atom is -0.507 e. The van der Waals surface area contributed by atoms with Gasteiger partial charge in [-0.15, -0.1) is 0 Å². The van der Waals surface area contributed by atoms with Crippen LogP contribution in [0.5, 0.6) is 5.75 Å². The second-order valence-corrected chi connectivity index (χ2v) is 9.43. The van der Waals surface area contributed by atoms with E-state index in [1.807, 2.05) is 32.9 Å².